The molecule has 0 saturated carbocycles. The monoisotopic (exact) mass is 302 g/mol. The Morgan fingerprint density at radius 2 is 1.68 bits per heavy atom. The third-order valence-electron chi connectivity index (χ3n) is 2.73. The second-order valence-corrected chi connectivity index (χ2v) is 4.46. The van der Waals surface area contributed by atoms with Gasteiger partial charge in [-0.1, -0.05) is 30.3 Å². The van der Waals surface area contributed by atoms with E-state index >= 15 is 0 Å². The third-order valence-corrected chi connectivity index (χ3v) is 2.73. The minimum absolute atomic E-state index is 0.318. The van der Waals surface area contributed by atoms with Crippen molar-refractivity contribution in [1.29, 1.82) is 0 Å². The van der Waals surface area contributed by atoms with Crippen molar-refractivity contribution >= 4 is 11.9 Å². The molecule has 0 aliphatic carbocycles. The molecule has 2 N–H and O–H groups in total. The molecule has 114 valence electrons. The highest BCUT2D eigenvalue weighted by Crippen LogP contribution is 2.10. The fourth-order valence-electron chi connectivity index (χ4n) is 1.66. The van der Waals surface area contributed by atoms with Crippen molar-refractivity contribution < 1.29 is 18.7 Å². The summed E-state index contributed by atoms with van der Waals surface area (Å²) in [6, 6.07) is 14.0. The maximum Gasteiger partial charge on any atom is 0.321 e. The molecule has 0 spiro atoms. The van der Waals surface area contributed by atoms with Gasteiger partial charge in [-0.2, -0.15) is 0 Å². The van der Waals surface area contributed by atoms with Gasteiger partial charge in [-0.05, 0) is 29.8 Å². The number of nitrogens with one attached hydrogen (secondary N) is 2. The molecule has 0 heterocycles. The summed E-state index contributed by atoms with van der Waals surface area (Å²) >= 11 is 0. The Bertz CT molecular complexity index is 630. The third kappa shape index (κ3) is 5.24. The number of amides is 3. The Balaban J connectivity index is 1.70. The Morgan fingerprint density at radius 1 is 1.00 bits per heavy atom. The standard InChI is InChI=1S/C16H15FN2O3/c17-13-6-8-14(9-7-13)22-11-15(20)19-16(21)18-10-12-4-2-1-3-5-12/h1-9H,10-11H2,(H2,18,19,20,21). The van der Waals surface area contributed by atoms with E-state index in [1.165, 1.54) is 24.3 Å². The average molecular weight is 302 g/mol. The smallest absolute Gasteiger partial charge is 0.321 e. The molecule has 3 amide bonds. The van der Waals surface area contributed by atoms with E-state index in [9.17, 15) is 14.0 Å². The predicted molar refractivity (Wildman–Crippen MR) is 78.7 cm³/mol. The largest absolute Gasteiger partial charge is 0.484 e. The van der Waals surface area contributed by atoms with E-state index in [0.29, 0.717) is 12.3 Å². The van der Waals surface area contributed by atoms with E-state index < -0.39 is 17.8 Å². The Labute approximate surface area is 127 Å². The number of rotatable bonds is 5. The first-order valence-electron chi connectivity index (χ1n) is 6.63. The number of benzene rings is 2. The summed E-state index contributed by atoms with van der Waals surface area (Å²) in [5, 5.41) is 4.70. The molecule has 0 aromatic heterocycles. The maximum atomic E-state index is 12.7. The van der Waals surface area contributed by atoms with E-state index in [-0.39, 0.29) is 6.61 Å². The zero-order chi connectivity index (χ0) is 15.8. The summed E-state index contributed by atoms with van der Waals surface area (Å²) in [7, 11) is 0. The van der Waals surface area contributed by atoms with Crippen LogP contribution in [-0.2, 0) is 11.3 Å². The molecule has 5 nitrogen and oxygen atoms in total. The normalized spacial score (nSPS) is 9.86. The fourth-order valence-corrected chi connectivity index (χ4v) is 1.66. The van der Waals surface area contributed by atoms with Crippen molar-refractivity contribution in [2.75, 3.05) is 6.61 Å². The Kier molecular flexibility index (Phi) is 5.48. The van der Waals surface area contributed by atoms with Crippen LogP contribution < -0.4 is 15.4 Å². The molecule has 0 fully saturated rings. The number of urea groups is 1. The number of halogens is 1. The Hall–Kier alpha value is -2.89. The van der Waals surface area contributed by atoms with E-state index in [0.717, 1.165) is 5.56 Å². The SMILES string of the molecule is O=C(COc1ccc(F)cc1)NC(=O)NCc1ccccc1. The zero-order valence-electron chi connectivity index (χ0n) is 11.7. The van der Waals surface area contributed by atoms with Crippen LogP contribution in [-0.4, -0.2) is 18.5 Å². The summed E-state index contributed by atoms with van der Waals surface area (Å²) < 4.78 is 17.8. The van der Waals surface area contributed by atoms with Crippen molar-refractivity contribution in [3.8, 4) is 5.75 Å². The quantitative estimate of drug-likeness (QED) is 0.890. The number of hydrogen-bond donors (Lipinski definition) is 2. The lowest BCUT2D eigenvalue weighted by atomic mass is 10.2. The first kappa shape index (κ1) is 15.5. The molecule has 2 aromatic rings. The molecule has 6 heteroatoms. The molecule has 0 unspecified atom stereocenters. The van der Waals surface area contributed by atoms with Crippen LogP contribution in [0.15, 0.2) is 54.6 Å². The minimum Gasteiger partial charge on any atom is -0.484 e. The van der Waals surface area contributed by atoms with Gasteiger partial charge in [0.05, 0.1) is 0 Å². The highest BCUT2D eigenvalue weighted by molar-refractivity contribution is 5.94. The first-order chi connectivity index (χ1) is 10.6. The van der Waals surface area contributed by atoms with Crippen molar-refractivity contribution in [1.82, 2.24) is 10.6 Å². The van der Waals surface area contributed by atoms with Crippen LogP contribution in [0, 0.1) is 5.82 Å². The van der Waals surface area contributed by atoms with Crippen molar-refractivity contribution in [2.24, 2.45) is 0 Å². The topological polar surface area (TPSA) is 67.4 Å². The van der Waals surface area contributed by atoms with Gasteiger partial charge in [0.1, 0.15) is 11.6 Å². The minimum atomic E-state index is -0.600. The van der Waals surface area contributed by atoms with Crippen molar-refractivity contribution in [2.45, 2.75) is 6.54 Å². The zero-order valence-corrected chi connectivity index (χ0v) is 11.7. The van der Waals surface area contributed by atoms with Crippen LogP contribution in [0.5, 0.6) is 5.75 Å². The van der Waals surface area contributed by atoms with Gasteiger partial charge in [0.15, 0.2) is 6.61 Å². The molecule has 0 aliphatic rings. The number of carbonyl (C=O) groups is 2. The summed E-state index contributed by atoms with van der Waals surface area (Å²) in [4.78, 5) is 23.1. The lowest BCUT2D eigenvalue weighted by Gasteiger charge is -2.08. The first-order valence-corrected chi connectivity index (χ1v) is 6.63. The molecule has 0 saturated heterocycles. The molecule has 0 atom stereocenters. The number of hydrogen-bond acceptors (Lipinski definition) is 3. The highest BCUT2D eigenvalue weighted by Gasteiger charge is 2.08. The lowest BCUT2D eigenvalue weighted by molar-refractivity contribution is -0.122. The Morgan fingerprint density at radius 3 is 2.36 bits per heavy atom. The summed E-state index contributed by atoms with van der Waals surface area (Å²) in [5.74, 6) is -0.631. The van der Waals surface area contributed by atoms with Gasteiger partial charge >= 0.3 is 6.03 Å². The second-order valence-electron chi connectivity index (χ2n) is 4.46. The number of carbonyl (C=O) groups excluding carboxylic acids is 2. The van der Waals surface area contributed by atoms with E-state index in [4.69, 9.17) is 4.74 Å². The molecular formula is C16H15FN2O3. The highest BCUT2D eigenvalue weighted by atomic mass is 19.1. The molecule has 2 rings (SSSR count). The summed E-state index contributed by atoms with van der Waals surface area (Å²) in [6.07, 6.45) is 0. The molecular weight excluding hydrogens is 287 g/mol. The maximum absolute atomic E-state index is 12.7. The van der Waals surface area contributed by atoms with Crippen LogP contribution >= 0.6 is 0 Å². The van der Waals surface area contributed by atoms with E-state index in [1.54, 1.807) is 0 Å². The molecule has 0 bridgehead atoms. The van der Waals surface area contributed by atoms with E-state index in [2.05, 4.69) is 10.6 Å². The summed E-state index contributed by atoms with van der Waals surface area (Å²) in [6.45, 7) is -0.0108. The van der Waals surface area contributed by atoms with Crippen molar-refractivity contribution in [3.05, 3.63) is 66.0 Å². The van der Waals surface area contributed by atoms with Crippen LogP contribution in [0.4, 0.5) is 9.18 Å². The molecule has 0 radical (unpaired) electrons. The lowest BCUT2D eigenvalue weighted by Crippen LogP contribution is -2.41. The van der Waals surface area contributed by atoms with Crippen LogP contribution in [0.1, 0.15) is 5.56 Å². The average Bonchev–Trinajstić information content (AvgIpc) is 2.53. The molecule has 22 heavy (non-hydrogen) atoms. The predicted octanol–water partition coefficient (Wildman–Crippen LogP) is 2.23. The number of ether oxygens (including phenoxy) is 1. The summed E-state index contributed by atoms with van der Waals surface area (Å²) in [5.41, 5.74) is 0.924. The van der Waals surface area contributed by atoms with Crippen LogP contribution in [0.2, 0.25) is 0 Å². The van der Waals surface area contributed by atoms with Gasteiger partial charge < -0.3 is 10.1 Å². The van der Waals surface area contributed by atoms with Crippen LogP contribution in [0.3, 0.4) is 0 Å². The van der Waals surface area contributed by atoms with Gasteiger partial charge in [0.25, 0.3) is 5.91 Å². The van der Waals surface area contributed by atoms with E-state index in [1.807, 2.05) is 30.3 Å². The van der Waals surface area contributed by atoms with Gasteiger partial charge in [-0.25, -0.2) is 9.18 Å². The van der Waals surface area contributed by atoms with Gasteiger partial charge in [0, 0.05) is 6.54 Å². The van der Waals surface area contributed by atoms with Crippen molar-refractivity contribution in [3.63, 3.8) is 0 Å². The van der Waals surface area contributed by atoms with Crippen LogP contribution in [0.25, 0.3) is 0 Å². The second kappa shape index (κ2) is 7.78. The van der Waals surface area contributed by atoms with Gasteiger partial charge in [-0.3, -0.25) is 10.1 Å². The van der Waals surface area contributed by atoms with Gasteiger partial charge in [0.2, 0.25) is 0 Å². The molecule has 0 aliphatic heterocycles. The van der Waals surface area contributed by atoms with Gasteiger partial charge in [-0.15, -0.1) is 0 Å². The fraction of sp³-hybridized carbons (Fsp3) is 0.125. The molecule has 2 aromatic carbocycles. The number of imide groups is 1.